The number of hydrogen-bond acceptors (Lipinski definition) is 3. The second-order valence-electron chi connectivity index (χ2n) is 5.68. The van der Waals surface area contributed by atoms with E-state index in [2.05, 4.69) is 16.0 Å². The molecule has 1 saturated carbocycles. The Bertz CT molecular complexity index is 530. The van der Waals surface area contributed by atoms with Gasteiger partial charge in [-0.2, -0.15) is 0 Å². The standard InChI is InChI=1S/C17H25N3O2S/c1-2-11-18-16(21)12-19-17(22)20-14-9-5-6-10-15(14)23-13-7-3-4-8-13/h5-6,9-10,13H,2-4,7-8,11-12H2,1H3,(H,18,21)(H2,19,20,22). The van der Waals surface area contributed by atoms with E-state index in [-0.39, 0.29) is 18.5 Å². The Hall–Kier alpha value is -1.69. The van der Waals surface area contributed by atoms with E-state index in [0.717, 1.165) is 17.0 Å². The molecule has 0 aliphatic heterocycles. The maximum absolute atomic E-state index is 12.0. The first-order chi connectivity index (χ1) is 11.2. The van der Waals surface area contributed by atoms with Gasteiger partial charge in [-0.3, -0.25) is 4.79 Å². The Balaban J connectivity index is 1.84. The van der Waals surface area contributed by atoms with Crippen molar-refractivity contribution in [2.24, 2.45) is 0 Å². The fraction of sp³-hybridized carbons (Fsp3) is 0.529. The number of urea groups is 1. The van der Waals surface area contributed by atoms with Crippen LogP contribution in [0.4, 0.5) is 10.5 Å². The number of thioether (sulfide) groups is 1. The van der Waals surface area contributed by atoms with Crippen LogP contribution in [0, 0.1) is 0 Å². The smallest absolute Gasteiger partial charge is 0.319 e. The van der Waals surface area contributed by atoms with Gasteiger partial charge in [0.2, 0.25) is 5.91 Å². The van der Waals surface area contributed by atoms with Gasteiger partial charge in [-0.15, -0.1) is 11.8 Å². The van der Waals surface area contributed by atoms with E-state index >= 15 is 0 Å². The van der Waals surface area contributed by atoms with Crippen LogP contribution in [-0.4, -0.2) is 30.3 Å². The van der Waals surface area contributed by atoms with Gasteiger partial charge in [0.05, 0.1) is 12.2 Å². The van der Waals surface area contributed by atoms with Crippen LogP contribution in [0.5, 0.6) is 0 Å². The summed E-state index contributed by atoms with van der Waals surface area (Å²) in [6.45, 7) is 2.60. The summed E-state index contributed by atoms with van der Waals surface area (Å²) >= 11 is 1.83. The quantitative estimate of drug-likeness (QED) is 0.715. The van der Waals surface area contributed by atoms with E-state index in [1.807, 2.05) is 43.0 Å². The highest BCUT2D eigenvalue weighted by atomic mass is 32.2. The van der Waals surface area contributed by atoms with Crippen molar-refractivity contribution in [1.82, 2.24) is 10.6 Å². The minimum absolute atomic E-state index is 0.0102. The maximum Gasteiger partial charge on any atom is 0.319 e. The predicted octanol–water partition coefficient (Wildman–Crippen LogP) is 3.37. The zero-order valence-corrected chi connectivity index (χ0v) is 14.4. The van der Waals surface area contributed by atoms with Crippen molar-refractivity contribution in [3.8, 4) is 0 Å². The third-order valence-corrected chi connectivity index (χ3v) is 5.13. The van der Waals surface area contributed by atoms with Gasteiger partial charge in [-0.05, 0) is 31.4 Å². The minimum atomic E-state index is -0.351. The highest BCUT2D eigenvalue weighted by molar-refractivity contribution is 8.00. The normalized spacial score (nSPS) is 14.5. The number of hydrogen-bond donors (Lipinski definition) is 3. The van der Waals surface area contributed by atoms with Crippen LogP contribution in [0.3, 0.4) is 0 Å². The molecule has 0 heterocycles. The summed E-state index contributed by atoms with van der Waals surface area (Å²) in [4.78, 5) is 24.6. The number of carbonyl (C=O) groups is 2. The maximum atomic E-state index is 12.0. The van der Waals surface area contributed by atoms with Crippen LogP contribution >= 0.6 is 11.8 Å². The number of amides is 3. The fourth-order valence-electron chi connectivity index (χ4n) is 2.51. The van der Waals surface area contributed by atoms with Gasteiger partial charge in [-0.25, -0.2) is 4.79 Å². The molecule has 0 spiro atoms. The van der Waals surface area contributed by atoms with E-state index in [0.29, 0.717) is 11.8 Å². The molecule has 3 amide bonds. The summed E-state index contributed by atoms with van der Waals surface area (Å²) in [5, 5.41) is 8.80. The third kappa shape index (κ3) is 6.14. The summed E-state index contributed by atoms with van der Waals surface area (Å²) in [5.41, 5.74) is 0.802. The van der Waals surface area contributed by atoms with Gasteiger partial charge >= 0.3 is 6.03 Å². The van der Waals surface area contributed by atoms with Crippen molar-refractivity contribution in [3.63, 3.8) is 0 Å². The molecule has 1 aromatic carbocycles. The lowest BCUT2D eigenvalue weighted by molar-refractivity contribution is -0.120. The number of carbonyl (C=O) groups excluding carboxylic acids is 2. The summed E-state index contributed by atoms with van der Waals surface area (Å²) in [6.07, 6.45) is 5.94. The monoisotopic (exact) mass is 335 g/mol. The van der Waals surface area contributed by atoms with E-state index in [4.69, 9.17) is 0 Å². The van der Waals surface area contributed by atoms with E-state index in [1.165, 1.54) is 25.7 Å². The van der Waals surface area contributed by atoms with E-state index in [9.17, 15) is 9.59 Å². The lowest BCUT2D eigenvalue weighted by Gasteiger charge is -2.14. The zero-order chi connectivity index (χ0) is 16.5. The van der Waals surface area contributed by atoms with Crippen LogP contribution in [0.2, 0.25) is 0 Å². The van der Waals surface area contributed by atoms with E-state index < -0.39 is 0 Å². The lowest BCUT2D eigenvalue weighted by atomic mass is 10.3. The topological polar surface area (TPSA) is 70.2 Å². The molecule has 0 radical (unpaired) electrons. The third-order valence-electron chi connectivity index (χ3n) is 3.71. The Morgan fingerprint density at radius 2 is 1.91 bits per heavy atom. The number of para-hydroxylation sites is 1. The Morgan fingerprint density at radius 3 is 2.65 bits per heavy atom. The first kappa shape index (κ1) is 17.7. The van der Waals surface area contributed by atoms with Crippen molar-refractivity contribution >= 4 is 29.4 Å². The summed E-state index contributed by atoms with van der Waals surface area (Å²) < 4.78 is 0. The molecule has 1 aliphatic rings. The second kappa shape index (κ2) is 9.45. The Labute approximate surface area is 142 Å². The largest absolute Gasteiger partial charge is 0.355 e. The molecule has 0 atom stereocenters. The fourth-order valence-corrected chi connectivity index (χ4v) is 3.84. The van der Waals surface area contributed by atoms with Crippen LogP contribution in [0.15, 0.2) is 29.2 Å². The van der Waals surface area contributed by atoms with Gasteiger partial charge in [0, 0.05) is 16.7 Å². The van der Waals surface area contributed by atoms with Crippen LogP contribution in [0.1, 0.15) is 39.0 Å². The molecule has 6 heteroatoms. The zero-order valence-electron chi connectivity index (χ0n) is 13.6. The molecule has 1 aliphatic carbocycles. The number of anilines is 1. The van der Waals surface area contributed by atoms with Crippen molar-refractivity contribution < 1.29 is 9.59 Å². The molecule has 1 aromatic rings. The first-order valence-electron chi connectivity index (χ1n) is 8.26. The predicted molar refractivity (Wildman–Crippen MR) is 94.9 cm³/mol. The van der Waals surface area contributed by atoms with Gasteiger partial charge < -0.3 is 16.0 Å². The molecule has 0 unspecified atom stereocenters. The summed E-state index contributed by atoms with van der Waals surface area (Å²) in [6, 6.07) is 7.47. The number of benzene rings is 1. The number of nitrogens with one attached hydrogen (secondary N) is 3. The molecule has 126 valence electrons. The Morgan fingerprint density at radius 1 is 1.17 bits per heavy atom. The minimum Gasteiger partial charge on any atom is -0.355 e. The van der Waals surface area contributed by atoms with E-state index in [1.54, 1.807) is 0 Å². The van der Waals surface area contributed by atoms with Crippen LogP contribution in [-0.2, 0) is 4.79 Å². The average Bonchev–Trinajstić information content (AvgIpc) is 3.06. The average molecular weight is 335 g/mol. The summed E-state index contributed by atoms with van der Waals surface area (Å²) in [5.74, 6) is -0.171. The molecule has 23 heavy (non-hydrogen) atoms. The molecule has 5 nitrogen and oxygen atoms in total. The molecule has 0 saturated heterocycles. The van der Waals surface area contributed by atoms with Crippen molar-refractivity contribution in [2.75, 3.05) is 18.4 Å². The van der Waals surface area contributed by atoms with Gasteiger partial charge in [-0.1, -0.05) is 31.9 Å². The van der Waals surface area contributed by atoms with Crippen molar-refractivity contribution in [3.05, 3.63) is 24.3 Å². The second-order valence-corrected chi connectivity index (χ2v) is 7.02. The first-order valence-corrected chi connectivity index (χ1v) is 9.14. The molecular formula is C17H25N3O2S. The Kier molecular flexibility index (Phi) is 7.26. The van der Waals surface area contributed by atoms with Crippen LogP contribution < -0.4 is 16.0 Å². The van der Waals surface area contributed by atoms with Gasteiger partial charge in [0.25, 0.3) is 0 Å². The lowest BCUT2D eigenvalue weighted by Crippen LogP contribution is -2.39. The molecule has 1 fully saturated rings. The molecule has 2 rings (SSSR count). The highest BCUT2D eigenvalue weighted by Crippen LogP contribution is 2.37. The summed E-state index contributed by atoms with van der Waals surface area (Å²) in [7, 11) is 0. The van der Waals surface area contributed by atoms with Crippen molar-refractivity contribution in [2.45, 2.75) is 49.2 Å². The molecular weight excluding hydrogens is 310 g/mol. The SMILES string of the molecule is CCCNC(=O)CNC(=O)Nc1ccccc1SC1CCCC1. The molecule has 0 bridgehead atoms. The van der Waals surface area contributed by atoms with Gasteiger partial charge in [0.15, 0.2) is 0 Å². The molecule has 3 N–H and O–H groups in total. The molecule has 0 aromatic heterocycles. The number of rotatable bonds is 7. The van der Waals surface area contributed by atoms with Crippen molar-refractivity contribution in [1.29, 1.82) is 0 Å². The van der Waals surface area contributed by atoms with Crippen LogP contribution in [0.25, 0.3) is 0 Å². The van der Waals surface area contributed by atoms with Gasteiger partial charge in [0.1, 0.15) is 0 Å². The highest BCUT2D eigenvalue weighted by Gasteiger charge is 2.18.